The number of hydrogen-bond acceptors (Lipinski definition) is 2. The average molecular weight is 291 g/mol. The highest BCUT2D eigenvalue weighted by atomic mass is 79.9. The first-order chi connectivity index (χ1) is 8.08. The van der Waals surface area contributed by atoms with Gasteiger partial charge in [0.2, 0.25) is 0 Å². The molecule has 3 heteroatoms. The lowest BCUT2D eigenvalue weighted by molar-refractivity contribution is 0.103. The maximum Gasteiger partial charge on any atom is 0.196 e. The predicted octanol–water partition coefficient (Wildman–Crippen LogP) is 3.69. The maximum absolute atomic E-state index is 12.2. The van der Waals surface area contributed by atoms with E-state index in [9.17, 15) is 9.90 Å². The van der Waals surface area contributed by atoms with Gasteiger partial charge in [-0.3, -0.25) is 4.79 Å². The fourth-order valence-corrected chi connectivity index (χ4v) is 1.99. The van der Waals surface area contributed by atoms with Gasteiger partial charge in [0, 0.05) is 10.0 Å². The lowest BCUT2D eigenvalue weighted by Crippen LogP contribution is -2.01. The van der Waals surface area contributed by atoms with E-state index in [1.54, 1.807) is 18.2 Å². The minimum Gasteiger partial charge on any atom is -0.507 e. The molecule has 0 spiro atoms. The van der Waals surface area contributed by atoms with Gasteiger partial charge in [0.05, 0.1) is 5.56 Å². The van der Waals surface area contributed by atoms with Crippen LogP contribution in [-0.2, 0) is 0 Å². The molecule has 0 amide bonds. The molecule has 1 N–H and O–H groups in total. The normalized spacial score (nSPS) is 10.2. The van der Waals surface area contributed by atoms with Crippen molar-refractivity contribution in [3.05, 3.63) is 63.6 Å². The van der Waals surface area contributed by atoms with E-state index in [0.717, 1.165) is 10.0 Å². The van der Waals surface area contributed by atoms with Gasteiger partial charge in [-0.2, -0.15) is 0 Å². The molecule has 2 aromatic rings. The van der Waals surface area contributed by atoms with Crippen LogP contribution in [-0.4, -0.2) is 10.9 Å². The van der Waals surface area contributed by atoms with Gasteiger partial charge in [-0.15, -0.1) is 0 Å². The van der Waals surface area contributed by atoms with E-state index >= 15 is 0 Å². The van der Waals surface area contributed by atoms with Gasteiger partial charge in [0.15, 0.2) is 5.78 Å². The van der Waals surface area contributed by atoms with Crippen molar-refractivity contribution in [3.63, 3.8) is 0 Å². The summed E-state index contributed by atoms with van der Waals surface area (Å²) in [7, 11) is 0. The minimum absolute atomic E-state index is 0.000272. The molecule has 0 radical (unpaired) electrons. The Balaban J connectivity index is 2.47. The van der Waals surface area contributed by atoms with Crippen LogP contribution in [0.5, 0.6) is 5.75 Å². The number of ketones is 1. The Bertz CT molecular complexity index is 576. The van der Waals surface area contributed by atoms with Crippen molar-refractivity contribution in [1.82, 2.24) is 0 Å². The molecule has 0 saturated heterocycles. The lowest BCUT2D eigenvalue weighted by atomic mass is 10.0. The van der Waals surface area contributed by atoms with E-state index < -0.39 is 0 Å². The lowest BCUT2D eigenvalue weighted by Gasteiger charge is -2.05. The van der Waals surface area contributed by atoms with Gasteiger partial charge in [-0.05, 0) is 31.2 Å². The zero-order valence-electron chi connectivity index (χ0n) is 9.27. The Kier molecular flexibility index (Phi) is 3.29. The Morgan fingerprint density at radius 3 is 2.65 bits per heavy atom. The Morgan fingerprint density at radius 1 is 1.18 bits per heavy atom. The summed E-state index contributed by atoms with van der Waals surface area (Å²) in [5.41, 5.74) is 1.91. The summed E-state index contributed by atoms with van der Waals surface area (Å²) in [5, 5.41) is 9.69. The van der Waals surface area contributed by atoms with E-state index in [2.05, 4.69) is 15.9 Å². The van der Waals surface area contributed by atoms with Gasteiger partial charge >= 0.3 is 0 Å². The van der Waals surface area contributed by atoms with Gasteiger partial charge in [0.1, 0.15) is 5.75 Å². The number of carbonyl (C=O) groups excluding carboxylic acids is 1. The van der Waals surface area contributed by atoms with Crippen molar-refractivity contribution >= 4 is 21.7 Å². The first kappa shape index (κ1) is 11.9. The molecule has 2 aromatic carbocycles. The molecular formula is C14H11BrO2. The highest BCUT2D eigenvalue weighted by molar-refractivity contribution is 9.10. The average Bonchev–Trinajstić information content (AvgIpc) is 2.31. The molecule has 0 atom stereocenters. The van der Waals surface area contributed by atoms with E-state index in [0.29, 0.717) is 11.1 Å². The molecule has 2 rings (SSSR count). The third kappa shape index (κ3) is 2.56. The van der Waals surface area contributed by atoms with E-state index in [1.807, 2.05) is 25.1 Å². The number of carbonyl (C=O) groups is 1. The Hall–Kier alpha value is -1.61. The maximum atomic E-state index is 12.2. The quantitative estimate of drug-likeness (QED) is 0.857. The van der Waals surface area contributed by atoms with Gasteiger partial charge in [-0.25, -0.2) is 0 Å². The van der Waals surface area contributed by atoms with E-state index in [1.165, 1.54) is 6.07 Å². The molecule has 0 bridgehead atoms. The number of hydrogen-bond donors (Lipinski definition) is 1. The predicted molar refractivity (Wildman–Crippen MR) is 70.4 cm³/mol. The van der Waals surface area contributed by atoms with E-state index in [-0.39, 0.29) is 11.5 Å². The van der Waals surface area contributed by atoms with E-state index in [4.69, 9.17) is 0 Å². The molecule has 0 aliphatic carbocycles. The topological polar surface area (TPSA) is 37.3 Å². The summed E-state index contributed by atoms with van der Waals surface area (Å²) in [4.78, 5) is 12.2. The van der Waals surface area contributed by atoms with Gasteiger partial charge in [-0.1, -0.05) is 39.7 Å². The third-order valence-corrected chi connectivity index (χ3v) is 2.98. The summed E-state index contributed by atoms with van der Waals surface area (Å²) >= 11 is 3.29. The number of phenols is 1. The molecule has 0 saturated carbocycles. The molecule has 0 aliphatic heterocycles. The summed E-state index contributed by atoms with van der Waals surface area (Å²) in [6, 6.07) is 12.1. The first-order valence-corrected chi connectivity index (χ1v) is 5.97. The van der Waals surface area contributed by atoms with Crippen LogP contribution in [0.3, 0.4) is 0 Å². The summed E-state index contributed by atoms with van der Waals surface area (Å²) in [6.45, 7) is 1.93. The number of benzene rings is 2. The number of phenolic OH excluding ortho intramolecular Hbond substituents is 1. The van der Waals surface area contributed by atoms with Crippen molar-refractivity contribution in [1.29, 1.82) is 0 Å². The zero-order valence-corrected chi connectivity index (χ0v) is 10.9. The highest BCUT2D eigenvalue weighted by Crippen LogP contribution is 2.24. The first-order valence-electron chi connectivity index (χ1n) is 5.18. The fourth-order valence-electron chi connectivity index (χ4n) is 1.63. The number of halogens is 1. The van der Waals surface area contributed by atoms with Gasteiger partial charge in [0.25, 0.3) is 0 Å². The molecule has 17 heavy (non-hydrogen) atoms. The second-order valence-electron chi connectivity index (χ2n) is 3.86. The molecule has 0 aliphatic rings. The smallest absolute Gasteiger partial charge is 0.196 e. The number of aryl methyl sites for hydroxylation is 1. The number of rotatable bonds is 2. The monoisotopic (exact) mass is 290 g/mol. The molecule has 0 aromatic heterocycles. The summed E-state index contributed by atoms with van der Waals surface area (Å²) < 4.78 is 0.770. The standard InChI is InChI=1S/C14H11BrO2/c1-9-3-2-4-10(7-9)14(17)12-8-11(15)5-6-13(12)16/h2-8,16H,1H3. The van der Waals surface area contributed by atoms with Gasteiger partial charge < -0.3 is 5.11 Å². The molecular weight excluding hydrogens is 280 g/mol. The molecule has 0 heterocycles. The fraction of sp³-hybridized carbons (Fsp3) is 0.0714. The SMILES string of the molecule is Cc1cccc(C(=O)c2cc(Br)ccc2O)c1. The molecule has 0 unspecified atom stereocenters. The van der Waals surface area contributed by atoms with Crippen molar-refractivity contribution < 1.29 is 9.90 Å². The van der Waals surface area contributed by atoms with Crippen LogP contribution in [0.4, 0.5) is 0 Å². The minimum atomic E-state index is -0.174. The van der Waals surface area contributed by atoms with Crippen molar-refractivity contribution in [2.24, 2.45) is 0 Å². The second-order valence-corrected chi connectivity index (χ2v) is 4.78. The number of aromatic hydroxyl groups is 1. The van der Waals surface area contributed by atoms with Crippen LogP contribution in [0, 0.1) is 6.92 Å². The third-order valence-electron chi connectivity index (χ3n) is 2.48. The second kappa shape index (κ2) is 4.72. The highest BCUT2D eigenvalue weighted by Gasteiger charge is 2.13. The summed E-state index contributed by atoms with van der Waals surface area (Å²) in [6.07, 6.45) is 0. The van der Waals surface area contributed by atoms with Crippen LogP contribution in [0.1, 0.15) is 21.5 Å². The Labute approximate surface area is 108 Å². The molecule has 0 fully saturated rings. The van der Waals surface area contributed by atoms with Crippen molar-refractivity contribution in [2.45, 2.75) is 6.92 Å². The van der Waals surface area contributed by atoms with Crippen molar-refractivity contribution in [2.75, 3.05) is 0 Å². The van der Waals surface area contributed by atoms with Crippen LogP contribution >= 0.6 is 15.9 Å². The van der Waals surface area contributed by atoms with Crippen LogP contribution < -0.4 is 0 Å². The Morgan fingerprint density at radius 2 is 1.94 bits per heavy atom. The largest absolute Gasteiger partial charge is 0.507 e. The zero-order chi connectivity index (χ0) is 12.4. The molecule has 2 nitrogen and oxygen atoms in total. The van der Waals surface area contributed by atoms with Crippen LogP contribution in [0.2, 0.25) is 0 Å². The van der Waals surface area contributed by atoms with Crippen LogP contribution in [0.25, 0.3) is 0 Å². The molecule has 86 valence electrons. The summed E-state index contributed by atoms with van der Waals surface area (Å²) in [5.74, 6) is -0.174. The van der Waals surface area contributed by atoms with Crippen molar-refractivity contribution in [3.8, 4) is 5.75 Å². The van der Waals surface area contributed by atoms with Crippen LogP contribution in [0.15, 0.2) is 46.9 Å².